The summed E-state index contributed by atoms with van der Waals surface area (Å²) in [5.41, 5.74) is -4.39. The highest BCUT2D eigenvalue weighted by Crippen LogP contribution is 2.48. The Bertz CT molecular complexity index is 1500. The van der Waals surface area contributed by atoms with Gasteiger partial charge in [0, 0.05) is 16.5 Å². The van der Waals surface area contributed by atoms with E-state index >= 15 is 0 Å². The molecule has 1 N–H and O–H groups in total. The molecule has 40 heavy (non-hydrogen) atoms. The molecule has 0 aliphatic carbocycles. The zero-order chi connectivity index (χ0) is 29.8. The summed E-state index contributed by atoms with van der Waals surface area (Å²) >= 11 is 0. The van der Waals surface area contributed by atoms with Crippen LogP contribution in [0, 0.1) is 0 Å². The topological polar surface area (TPSA) is 113 Å². The number of para-hydroxylation sites is 2. The third kappa shape index (κ3) is 5.08. The van der Waals surface area contributed by atoms with E-state index in [2.05, 4.69) is 5.32 Å². The van der Waals surface area contributed by atoms with Crippen LogP contribution in [0.15, 0.2) is 48.5 Å². The van der Waals surface area contributed by atoms with Gasteiger partial charge in [-0.1, -0.05) is 36.4 Å². The van der Waals surface area contributed by atoms with Crippen molar-refractivity contribution in [2.24, 2.45) is 0 Å². The second-order valence-electron chi connectivity index (χ2n) is 12.8. The summed E-state index contributed by atoms with van der Waals surface area (Å²) in [6.07, 6.45) is -0.739. The molecule has 2 aromatic carbocycles. The van der Waals surface area contributed by atoms with Crippen LogP contribution in [-0.2, 0) is 34.0 Å². The van der Waals surface area contributed by atoms with Gasteiger partial charge < -0.3 is 19.5 Å². The molecule has 0 radical (unpaired) electrons. The number of rotatable bonds is 2. The maximum Gasteiger partial charge on any atom is 0.419 e. The number of esters is 2. The van der Waals surface area contributed by atoms with Gasteiger partial charge in [0.25, 0.3) is 11.3 Å². The van der Waals surface area contributed by atoms with Crippen molar-refractivity contribution in [2.45, 2.75) is 84.5 Å². The lowest BCUT2D eigenvalue weighted by molar-refractivity contribution is -0.178. The molecule has 1 aliphatic heterocycles. The van der Waals surface area contributed by atoms with Crippen LogP contribution in [0.1, 0.15) is 67.9 Å². The summed E-state index contributed by atoms with van der Waals surface area (Å²) in [5.74, 6) is -3.19. The van der Waals surface area contributed by atoms with E-state index in [-0.39, 0.29) is 11.3 Å². The molecule has 0 spiro atoms. The third-order valence-electron chi connectivity index (χ3n) is 6.01. The fraction of sp³-hybridized carbons (Fsp3) is 0.419. The molecule has 0 fully saturated rings. The van der Waals surface area contributed by atoms with Gasteiger partial charge in [-0.15, -0.1) is 0 Å². The molecule has 9 heteroatoms. The summed E-state index contributed by atoms with van der Waals surface area (Å²) in [6, 6.07) is 13.5. The lowest BCUT2D eigenvalue weighted by atomic mass is 9.77. The van der Waals surface area contributed by atoms with E-state index in [0.29, 0.717) is 22.2 Å². The van der Waals surface area contributed by atoms with Crippen molar-refractivity contribution in [1.82, 2.24) is 4.57 Å². The molecular weight excluding hydrogens is 512 g/mol. The van der Waals surface area contributed by atoms with Crippen molar-refractivity contribution in [3.8, 4) is 11.3 Å². The summed E-state index contributed by atoms with van der Waals surface area (Å²) in [6.45, 7) is 15.1. The van der Waals surface area contributed by atoms with Crippen LogP contribution in [0.25, 0.3) is 22.2 Å². The Morgan fingerprint density at radius 3 is 1.77 bits per heavy atom. The Balaban J connectivity index is 2.24. The summed E-state index contributed by atoms with van der Waals surface area (Å²) < 4.78 is 18.6. The van der Waals surface area contributed by atoms with Crippen LogP contribution >= 0.6 is 0 Å². The Kier molecular flexibility index (Phi) is 6.85. The van der Waals surface area contributed by atoms with Crippen LogP contribution < -0.4 is 5.32 Å². The molecule has 212 valence electrons. The molecule has 1 aromatic heterocycles. The van der Waals surface area contributed by atoms with Crippen LogP contribution in [0.2, 0.25) is 0 Å². The third-order valence-corrected chi connectivity index (χ3v) is 6.01. The highest BCUT2D eigenvalue weighted by molar-refractivity contribution is 6.33. The predicted octanol–water partition coefficient (Wildman–Crippen LogP) is 5.96. The number of fused-ring (bicyclic) bond motifs is 5. The molecule has 0 atom stereocenters. The van der Waals surface area contributed by atoms with Gasteiger partial charge in [0.2, 0.25) is 0 Å². The average Bonchev–Trinajstić information content (AvgIpc) is 3.06. The Labute approximate surface area is 233 Å². The molecule has 3 aromatic rings. The first-order valence-corrected chi connectivity index (χ1v) is 13.1. The molecule has 9 nitrogen and oxygen atoms in total. The molecule has 1 aliphatic rings. The monoisotopic (exact) mass is 548 g/mol. The van der Waals surface area contributed by atoms with Gasteiger partial charge >= 0.3 is 18.0 Å². The largest absolute Gasteiger partial charge is 0.458 e. The number of carbonyl (C=O) groups excluding carboxylic acids is 4. The number of nitrogens with zero attached hydrogens (tertiary/aromatic N) is 1. The van der Waals surface area contributed by atoms with Crippen molar-refractivity contribution in [3.63, 3.8) is 0 Å². The van der Waals surface area contributed by atoms with E-state index in [1.807, 2.05) is 0 Å². The Morgan fingerprint density at radius 2 is 1.23 bits per heavy atom. The van der Waals surface area contributed by atoms with E-state index in [1.54, 1.807) is 111 Å². The number of benzene rings is 2. The Hall–Kier alpha value is -4.14. The van der Waals surface area contributed by atoms with Gasteiger partial charge in [0.1, 0.15) is 16.8 Å². The summed E-state index contributed by atoms with van der Waals surface area (Å²) in [5, 5.41) is 3.08. The van der Waals surface area contributed by atoms with Crippen molar-refractivity contribution in [2.75, 3.05) is 5.32 Å². The van der Waals surface area contributed by atoms with Gasteiger partial charge in [-0.25, -0.2) is 19.0 Å². The van der Waals surface area contributed by atoms with Gasteiger partial charge in [0.15, 0.2) is 0 Å². The standard InChI is InChI=1S/C31H36N2O7/c1-28(2,3)38-25(35)31(26(36)39-29(4,5)6)22-19-15-11-13-17-21(19)33(27(37)40-30(7,8)9)23(22)18-14-10-12-16-20(18)32-24(31)34/h10-17H,1-9H3,(H,32,34). The van der Waals surface area contributed by atoms with Gasteiger partial charge in [-0.2, -0.15) is 0 Å². The fourth-order valence-corrected chi connectivity index (χ4v) is 4.68. The number of anilines is 1. The minimum Gasteiger partial charge on any atom is -0.458 e. The van der Waals surface area contributed by atoms with Gasteiger partial charge in [-0.05, 0) is 74.4 Å². The number of hydrogen-bond donors (Lipinski definition) is 1. The molecule has 1 amide bonds. The summed E-state index contributed by atoms with van der Waals surface area (Å²) in [7, 11) is 0. The predicted molar refractivity (Wildman–Crippen MR) is 151 cm³/mol. The first kappa shape index (κ1) is 28.9. The minimum atomic E-state index is -2.62. The number of amides is 1. The van der Waals surface area contributed by atoms with Gasteiger partial charge in [-0.3, -0.25) is 4.79 Å². The lowest BCUT2D eigenvalue weighted by Gasteiger charge is -2.33. The second kappa shape index (κ2) is 9.50. The summed E-state index contributed by atoms with van der Waals surface area (Å²) in [4.78, 5) is 56.7. The van der Waals surface area contributed by atoms with Gasteiger partial charge in [0.05, 0.1) is 16.9 Å². The minimum absolute atomic E-state index is 0.0140. The number of carbonyl (C=O) groups is 4. The van der Waals surface area contributed by atoms with Crippen LogP contribution in [0.3, 0.4) is 0 Å². The quantitative estimate of drug-likeness (QED) is 0.239. The zero-order valence-corrected chi connectivity index (χ0v) is 24.4. The van der Waals surface area contributed by atoms with E-state index in [4.69, 9.17) is 14.2 Å². The highest BCUT2D eigenvalue weighted by Gasteiger charge is 2.63. The normalized spacial score (nSPS) is 14.9. The maximum atomic E-state index is 14.3. The maximum absolute atomic E-state index is 14.3. The molecule has 4 rings (SSSR count). The lowest BCUT2D eigenvalue weighted by Crippen LogP contribution is -2.57. The van der Waals surface area contributed by atoms with Crippen molar-refractivity contribution < 1.29 is 33.4 Å². The number of ether oxygens (including phenoxy) is 3. The molecule has 2 heterocycles. The average molecular weight is 549 g/mol. The van der Waals surface area contributed by atoms with E-state index in [0.717, 1.165) is 0 Å². The van der Waals surface area contributed by atoms with Crippen LogP contribution in [-0.4, -0.2) is 45.3 Å². The Morgan fingerprint density at radius 1 is 0.725 bits per heavy atom. The van der Waals surface area contributed by atoms with Crippen LogP contribution in [0.5, 0.6) is 0 Å². The van der Waals surface area contributed by atoms with E-state index < -0.39 is 46.2 Å². The van der Waals surface area contributed by atoms with E-state index in [9.17, 15) is 19.2 Å². The number of aromatic nitrogens is 1. The second-order valence-corrected chi connectivity index (χ2v) is 12.8. The van der Waals surface area contributed by atoms with Crippen molar-refractivity contribution in [3.05, 3.63) is 54.1 Å². The SMILES string of the molecule is CC(C)(C)OC(=O)n1c2c(c3ccccc31)C(C(=O)OC(C)(C)C)(C(=O)OC(C)(C)C)C(=O)Nc1ccccc1-2. The molecule has 0 bridgehead atoms. The molecular formula is C31H36N2O7. The molecule has 0 saturated heterocycles. The first-order chi connectivity index (χ1) is 18.4. The highest BCUT2D eigenvalue weighted by atomic mass is 16.6. The van der Waals surface area contributed by atoms with Crippen molar-refractivity contribution in [1.29, 1.82) is 0 Å². The number of hydrogen-bond acceptors (Lipinski definition) is 7. The molecule has 0 unspecified atom stereocenters. The van der Waals surface area contributed by atoms with E-state index in [1.165, 1.54) is 4.57 Å². The number of nitrogens with one attached hydrogen (secondary N) is 1. The smallest absolute Gasteiger partial charge is 0.419 e. The van der Waals surface area contributed by atoms with Crippen LogP contribution in [0.4, 0.5) is 10.5 Å². The molecule has 0 saturated carbocycles. The fourth-order valence-electron chi connectivity index (χ4n) is 4.68. The first-order valence-electron chi connectivity index (χ1n) is 13.1. The zero-order valence-electron chi connectivity index (χ0n) is 24.4. The van der Waals surface area contributed by atoms with Crippen molar-refractivity contribution >= 4 is 40.5 Å².